The number of aryl methyl sites for hydroxylation is 1. The van der Waals surface area contributed by atoms with Crippen LogP contribution in [0.25, 0.3) is 0 Å². The highest BCUT2D eigenvalue weighted by Crippen LogP contribution is 2.18. The second-order valence-electron chi connectivity index (χ2n) is 4.80. The van der Waals surface area contributed by atoms with Crippen LogP contribution < -0.4 is 10.6 Å². The molecule has 0 amide bonds. The van der Waals surface area contributed by atoms with Crippen LogP contribution in [0.5, 0.6) is 0 Å². The quantitative estimate of drug-likeness (QED) is 0.845. The lowest BCUT2D eigenvalue weighted by molar-refractivity contribution is 0.860. The van der Waals surface area contributed by atoms with Gasteiger partial charge in [-0.25, -0.2) is 4.98 Å². The van der Waals surface area contributed by atoms with E-state index in [-0.39, 0.29) is 6.04 Å². The minimum atomic E-state index is 0.150. The second kappa shape index (κ2) is 6.84. The lowest BCUT2D eigenvalue weighted by atomic mass is 10.1. The van der Waals surface area contributed by atoms with Crippen molar-refractivity contribution < 1.29 is 0 Å². The van der Waals surface area contributed by atoms with E-state index in [0.717, 1.165) is 30.0 Å². The predicted octanol–water partition coefficient (Wildman–Crippen LogP) is 3.18. The molecule has 2 heterocycles. The van der Waals surface area contributed by atoms with E-state index in [1.807, 2.05) is 25.3 Å². The fourth-order valence-corrected chi connectivity index (χ4v) is 1.90. The third-order valence-electron chi connectivity index (χ3n) is 2.94. The van der Waals surface area contributed by atoms with Crippen molar-refractivity contribution in [2.24, 2.45) is 0 Å². The van der Waals surface area contributed by atoms with Crippen LogP contribution in [0.15, 0.2) is 30.6 Å². The van der Waals surface area contributed by atoms with Crippen molar-refractivity contribution >= 4 is 11.8 Å². The molecule has 2 N–H and O–H groups in total. The number of nitrogens with one attached hydrogen (secondary N) is 2. The van der Waals surface area contributed by atoms with Crippen LogP contribution in [0.1, 0.15) is 37.6 Å². The number of hydrogen-bond donors (Lipinski definition) is 2. The van der Waals surface area contributed by atoms with Gasteiger partial charge in [0.1, 0.15) is 5.82 Å². The molecule has 0 radical (unpaired) electrons. The average molecular weight is 271 g/mol. The summed E-state index contributed by atoms with van der Waals surface area (Å²) < 4.78 is 0. The van der Waals surface area contributed by atoms with Gasteiger partial charge in [-0.15, -0.1) is 0 Å². The number of anilines is 2. The molecule has 0 saturated heterocycles. The first kappa shape index (κ1) is 14.2. The van der Waals surface area contributed by atoms with Crippen LogP contribution in [0.3, 0.4) is 0 Å². The Morgan fingerprint density at radius 2 is 2.15 bits per heavy atom. The number of nitrogens with zero attached hydrogens (tertiary/aromatic N) is 3. The Bertz CT molecular complexity index is 541. The number of hydrogen-bond acceptors (Lipinski definition) is 5. The first-order valence-corrected chi connectivity index (χ1v) is 6.95. The molecule has 106 valence electrons. The van der Waals surface area contributed by atoms with Gasteiger partial charge in [-0.05, 0) is 31.9 Å². The Morgan fingerprint density at radius 1 is 1.30 bits per heavy atom. The van der Waals surface area contributed by atoms with E-state index in [1.54, 1.807) is 6.20 Å². The first-order valence-electron chi connectivity index (χ1n) is 6.95. The summed E-state index contributed by atoms with van der Waals surface area (Å²) in [7, 11) is 0. The fraction of sp³-hybridized carbons (Fsp3) is 0.400. The summed E-state index contributed by atoms with van der Waals surface area (Å²) >= 11 is 0. The highest BCUT2D eigenvalue weighted by Gasteiger charge is 2.07. The molecular formula is C15H21N5. The van der Waals surface area contributed by atoms with Crippen molar-refractivity contribution in [1.82, 2.24) is 15.0 Å². The molecule has 0 fully saturated rings. The Hall–Kier alpha value is -2.17. The van der Waals surface area contributed by atoms with E-state index < -0.39 is 0 Å². The highest BCUT2D eigenvalue weighted by atomic mass is 15.1. The van der Waals surface area contributed by atoms with Crippen molar-refractivity contribution in [3.63, 3.8) is 0 Å². The van der Waals surface area contributed by atoms with Crippen molar-refractivity contribution in [3.05, 3.63) is 41.9 Å². The van der Waals surface area contributed by atoms with Crippen molar-refractivity contribution in [3.8, 4) is 0 Å². The molecule has 0 bridgehead atoms. The van der Waals surface area contributed by atoms with Crippen molar-refractivity contribution in [1.29, 1.82) is 0 Å². The Labute approximate surface area is 119 Å². The van der Waals surface area contributed by atoms with E-state index in [9.17, 15) is 0 Å². The van der Waals surface area contributed by atoms with Gasteiger partial charge in [0.15, 0.2) is 0 Å². The molecule has 1 atom stereocenters. The maximum absolute atomic E-state index is 4.48. The fourth-order valence-electron chi connectivity index (χ4n) is 1.90. The summed E-state index contributed by atoms with van der Waals surface area (Å²) in [4.78, 5) is 13.0. The molecule has 5 nitrogen and oxygen atoms in total. The van der Waals surface area contributed by atoms with Gasteiger partial charge in [-0.1, -0.05) is 13.0 Å². The van der Waals surface area contributed by atoms with Crippen LogP contribution in [0, 0.1) is 6.92 Å². The second-order valence-corrected chi connectivity index (χ2v) is 4.80. The van der Waals surface area contributed by atoms with Crippen LogP contribution in [-0.2, 0) is 0 Å². The van der Waals surface area contributed by atoms with Gasteiger partial charge in [0.2, 0.25) is 5.95 Å². The van der Waals surface area contributed by atoms with Gasteiger partial charge in [-0.2, -0.15) is 4.98 Å². The molecule has 2 rings (SSSR count). The highest BCUT2D eigenvalue weighted by molar-refractivity contribution is 5.43. The summed E-state index contributed by atoms with van der Waals surface area (Å²) in [5, 5.41) is 6.60. The lowest BCUT2D eigenvalue weighted by Gasteiger charge is -2.15. The van der Waals surface area contributed by atoms with Gasteiger partial charge in [0.05, 0.1) is 6.04 Å². The Kier molecular flexibility index (Phi) is 4.87. The minimum Gasteiger partial charge on any atom is -0.363 e. The molecule has 0 aliphatic heterocycles. The van der Waals surface area contributed by atoms with Gasteiger partial charge in [0, 0.05) is 30.7 Å². The minimum absolute atomic E-state index is 0.150. The monoisotopic (exact) mass is 271 g/mol. The zero-order valence-corrected chi connectivity index (χ0v) is 12.2. The third-order valence-corrected chi connectivity index (χ3v) is 2.94. The average Bonchev–Trinajstić information content (AvgIpc) is 2.45. The van der Waals surface area contributed by atoms with Crippen LogP contribution in [0.2, 0.25) is 0 Å². The topological polar surface area (TPSA) is 62.7 Å². The standard InChI is InChI=1S/C15H21N5/c1-4-7-17-15-18-11(2)9-14(20-15)19-12(3)13-6-5-8-16-10-13/h5-6,8-10,12H,4,7H2,1-3H3,(H2,17,18,19,20). The molecule has 0 aliphatic carbocycles. The van der Waals surface area contributed by atoms with E-state index in [2.05, 4.69) is 45.5 Å². The molecule has 2 aromatic rings. The third kappa shape index (κ3) is 3.91. The maximum atomic E-state index is 4.48. The smallest absolute Gasteiger partial charge is 0.224 e. The summed E-state index contributed by atoms with van der Waals surface area (Å²) in [5.74, 6) is 1.50. The summed E-state index contributed by atoms with van der Waals surface area (Å²) in [5.41, 5.74) is 2.08. The Balaban J connectivity index is 2.10. The van der Waals surface area contributed by atoms with Gasteiger partial charge >= 0.3 is 0 Å². The van der Waals surface area contributed by atoms with Crippen LogP contribution in [0.4, 0.5) is 11.8 Å². The molecule has 0 saturated carbocycles. The van der Waals surface area contributed by atoms with E-state index in [0.29, 0.717) is 5.95 Å². The van der Waals surface area contributed by atoms with Crippen LogP contribution >= 0.6 is 0 Å². The molecule has 1 unspecified atom stereocenters. The van der Waals surface area contributed by atoms with Gasteiger partial charge in [-0.3, -0.25) is 4.98 Å². The molecule has 0 aromatic carbocycles. The number of rotatable bonds is 6. The van der Waals surface area contributed by atoms with E-state index in [1.165, 1.54) is 0 Å². The molecule has 0 aliphatic rings. The van der Waals surface area contributed by atoms with Crippen molar-refractivity contribution in [2.45, 2.75) is 33.2 Å². The number of pyridine rings is 1. The van der Waals surface area contributed by atoms with Crippen molar-refractivity contribution in [2.75, 3.05) is 17.2 Å². The largest absolute Gasteiger partial charge is 0.363 e. The SMILES string of the molecule is CCCNc1nc(C)cc(NC(C)c2cccnc2)n1. The molecule has 2 aromatic heterocycles. The normalized spacial score (nSPS) is 11.9. The van der Waals surface area contributed by atoms with Gasteiger partial charge in [0.25, 0.3) is 0 Å². The van der Waals surface area contributed by atoms with Gasteiger partial charge < -0.3 is 10.6 Å². The summed E-state index contributed by atoms with van der Waals surface area (Å²) in [6.07, 6.45) is 4.69. The molecule has 0 spiro atoms. The number of aromatic nitrogens is 3. The zero-order chi connectivity index (χ0) is 14.4. The first-order chi connectivity index (χ1) is 9.69. The zero-order valence-electron chi connectivity index (χ0n) is 12.2. The molecular weight excluding hydrogens is 250 g/mol. The summed E-state index contributed by atoms with van der Waals surface area (Å²) in [6, 6.07) is 6.09. The molecule has 5 heteroatoms. The predicted molar refractivity (Wildman–Crippen MR) is 81.8 cm³/mol. The van der Waals surface area contributed by atoms with Crippen LogP contribution in [-0.4, -0.2) is 21.5 Å². The Morgan fingerprint density at radius 3 is 2.85 bits per heavy atom. The van der Waals surface area contributed by atoms with E-state index in [4.69, 9.17) is 0 Å². The maximum Gasteiger partial charge on any atom is 0.224 e. The lowest BCUT2D eigenvalue weighted by Crippen LogP contribution is -2.11. The summed E-state index contributed by atoms with van der Waals surface area (Å²) in [6.45, 7) is 7.06. The molecule has 20 heavy (non-hydrogen) atoms. The van der Waals surface area contributed by atoms with E-state index >= 15 is 0 Å².